The van der Waals surface area contributed by atoms with Crippen molar-refractivity contribution in [3.63, 3.8) is 0 Å². The molecular formula is C32H28O4. The fraction of sp³-hybridized carbons (Fsp3) is 0.312. The Hall–Kier alpha value is -4.38. The van der Waals surface area contributed by atoms with Crippen LogP contribution in [0.5, 0.6) is 11.5 Å². The van der Waals surface area contributed by atoms with Crippen molar-refractivity contribution in [2.45, 2.75) is 39.5 Å². The zero-order valence-corrected chi connectivity index (χ0v) is 21.1. The molecule has 2 aromatic carbocycles. The van der Waals surface area contributed by atoms with Gasteiger partial charge in [0.15, 0.2) is 0 Å². The lowest BCUT2D eigenvalue weighted by Crippen LogP contribution is -2.47. The van der Waals surface area contributed by atoms with Gasteiger partial charge in [-0.15, -0.1) is 0 Å². The zero-order chi connectivity index (χ0) is 26.0. The maximum absolute atomic E-state index is 13.2. The SMILES string of the molecule is COc1ccc(C#CC#CCC2(CC#CC#Cc3ccc(OC)cc3)C(=O)CC(C)(C)CC2=O)cc1. The van der Waals surface area contributed by atoms with Crippen molar-refractivity contribution >= 4 is 11.6 Å². The summed E-state index contributed by atoms with van der Waals surface area (Å²) >= 11 is 0. The lowest BCUT2D eigenvalue weighted by atomic mass is 9.61. The Morgan fingerprint density at radius 2 is 1.06 bits per heavy atom. The summed E-state index contributed by atoms with van der Waals surface area (Å²) in [6, 6.07) is 14.7. The molecule has 0 spiro atoms. The highest BCUT2D eigenvalue weighted by molar-refractivity contribution is 6.10. The van der Waals surface area contributed by atoms with Gasteiger partial charge in [-0.3, -0.25) is 9.59 Å². The van der Waals surface area contributed by atoms with E-state index >= 15 is 0 Å². The molecule has 0 atom stereocenters. The van der Waals surface area contributed by atoms with Crippen LogP contribution in [0, 0.1) is 58.2 Å². The van der Waals surface area contributed by atoms with E-state index in [1.807, 2.05) is 62.4 Å². The first-order valence-corrected chi connectivity index (χ1v) is 11.6. The van der Waals surface area contributed by atoms with Gasteiger partial charge in [-0.25, -0.2) is 0 Å². The topological polar surface area (TPSA) is 52.6 Å². The predicted molar refractivity (Wildman–Crippen MR) is 140 cm³/mol. The van der Waals surface area contributed by atoms with Crippen molar-refractivity contribution in [1.82, 2.24) is 0 Å². The molecule has 4 nitrogen and oxygen atoms in total. The number of carbonyl (C=O) groups is 2. The largest absolute Gasteiger partial charge is 0.497 e. The second-order valence-electron chi connectivity index (χ2n) is 9.36. The highest BCUT2D eigenvalue weighted by atomic mass is 16.5. The van der Waals surface area contributed by atoms with E-state index < -0.39 is 5.41 Å². The summed E-state index contributed by atoms with van der Waals surface area (Å²) in [4.78, 5) is 26.4. The maximum atomic E-state index is 13.2. The highest BCUT2D eigenvalue weighted by Gasteiger charge is 2.50. The Kier molecular flexibility index (Phi) is 8.63. The number of hydrogen-bond acceptors (Lipinski definition) is 4. The summed E-state index contributed by atoms with van der Waals surface area (Å²) in [6.45, 7) is 3.87. The first kappa shape index (κ1) is 26.2. The van der Waals surface area contributed by atoms with Gasteiger partial charge in [-0.05, 0) is 77.6 Å². The van der Waals surface area contributed by atoms with Crippen LogP contribution in [-0.4, -0.2) is 25.8 Å². The van der Waals surface area contributed by atoms with Gasteiger partial charge in [0.1, 0.15) is 28.5 Å². The van der Waals surface area contributed by atoms with Crippen LogP contribution in [0.1, 0.15) is 50.7 Å². The van der Waals surface area contributed by atoms with E-state index in [0.29, 0.717) is 12.8 Å². The summed E-state index contributed by atoms with van der Waals surface area (Å²) < 4.78 is 10.3. The van der Waals surface area contributed by atoms with Gasteiger partial charge in [-0.2, -0.15) is 0 Å². The summed E-state index contributed by atoms with van der Waals surface area (Å²) in [7, 11) is 3.21. The molecule has 0 aliphatic heterocycles. The zero-order valence-electron chi connectivity index (χ0n) is 21.1. The van der Waals surface area contributed by atoms with Crippen molar-refractivity contribution in [1.29, 1.82) is 0 Å². The van der Waals surface area contributed by atoms with Gasteiger partial charge in [0.25, 0.3) is 0 Å². The Bertz CT molecular complexity index is 1260. The second-order valence-corrected chi connectivity index (χ2v) is 9.36. The number of methoxy groups -OCH3 is 2. The van der Waals surface area contributed by atoms with E-state index in [9.17, 15) is 9.59 Å². The molecule has 36 heavy (non-hydrogen) atoms. The molecule has 1 fully saturated rings. The highest BCUT2D eigenvalue weighted by Crippen LogP contribution is 2.43. The van der Waals surface area contributed by atoms with Crippen LogP contribution in [0.25, 0.3) is 0 Å². The van der Waals surface area contributed by atoms with Crippen molar-refractivity contribution in [2.24, 2.45) is 10.8 Å². The molecule has 0 unspecified atom stereocenters. The number of ketones is 2. The van der Waals surface area contributed by atoms with Crippen LogP contribution in [0.4, 0.5) is 0 Å². The monoisotopic (exact) mass is 476 g/mol. The van der Waals surface area contributed by atoms with Gasteiger partial charge in [-0.1, -0.05) is 37.5 Å². The average Bonchev–Trinajstić information content (AvgIpc) is 2.86. The van der Waals surface area contributed by atoms with Gasteiger partial charge in [0.05, 0.1) is 14.2 Å². The molecular weight excluding hydrogens is 448 g/mol. The smallest absolute Gasteiger partial charge is 0.148 e. The van der Waals surface area contributed by atoms with Crippen LogP contribution >= 0.6 is 0 Å². The molecule has 0 aromatic heterocycles. The van der Waals surface area contributed by atoms with Crippen LogP contribution in [0.15, 0.2) is 48.5 Å². The fourth-order valence-electron chi connectivity index (χ4n) is 3.92. The van der Waals surface area contributed by atoms with Crippen LogP contribution in [-0.2, 0) is 9.59 Å². The molecule has 0 radical (unpaired) electrons. The third kappa shape index (κ3) is 6.83. The summed E-state index contributed by atoms with van der Waals surface area (Å²) in [6.07, 6.45) is 0.825. The van der Waals surface area contributed by atoms with E-state index in [1.54, 1.807) is 14.2 Å². The molecule has 1 aliphatic rings. The normalized spacial score (nSPS) is 14.9. The van der Waals surface area contributed by atoms with Crippen molar-refractivity contribution < 1.29 is 19.1 Å². The van der Waals surface area contributed by atoms with Gasteiger partial charge < -0.3 is 9.47 Å². The average molecular weight is 477 g/mol. The number of rotatable bonds is 4. The van der Waals surface area contributed by atoms with Crippen molar-refractivity contribution in [2.75, 3.05) is 14.2 Å². The molecule has 2 aromatic rings. The van der Waals surface area contributed by atoms with Crippen LogP contribution < -0.4 is 9.47 Å². The Morgan fingerprint density at radius 3 is 1.42 bits per heavy atom. The van der Waals surface area contributed by atoms with Crippen LogP contribution in [0.3, 0.4) is 0 Å². The van der Waals surface area contributed by atoms with Crippen molar-refractivity contribution in [3.8, 4) is 58.9 Å². The van der Waals surface area contributed by atoms with Crippen molar-refractivity contribution in [3.05, 3.63) is 59.7 Å². The Morgan fingerprint density at radius 1 is 0.667 bits per heavy atom. The second kappa shape index (κ2) is 11.8. The number of benzene rings is 2. The number of ether oxygens (including phenoxy) is 2. The molecule has 1 aliphatic carbocycles. The van der Waals surface area contributed by atoms with Gasteiger partial charge in [0.2, 0.25) is 0 Å². The third-order valence-electron chi connectivity index (χ3n) is 6.02. The molecule has 0 amide bonds. The van der Waals surface area contributed by atoms with Gasteiger partial charge in [0, 0.05) is 36.8 Å². The van der Waals surface area contributed by atoms with E-state index in [4.69, 9.17) is 9.47 Å². The van der Waals surface area contributed by atoms with Crippen LogP contribution in [0.2, 0.25) is 0 Å². The summed E-state index contributed by atoms with van der Waals surface area (Å²) in [5.41, 5.74) is 0.000312. The maximum Gasteiger partial charge on any atom is 0.148 e. The van der Waals surface area contributed by atoms with E-state index in [1.165, 1.54) is 0 Å². The Balaban J connectivity index is 1.76. The van der Waals surface area contributed by atoms with E-state index in [-0.39, 0.29) is 29.8 Å². The minimum Gasteiger partial charge on any atom is -0.497 e. The predicted octanol–water partition coefficient (Wildman–Crippen LogP) is 4.84. The summed E-state index contributed by atoms with van der Waals surface area (Å²) in [5.74, 6) is 24.3. The lowest BCUT2D eigenvalue weighted by molar-refractivity contribution is -0.147. The molecule has 0 saturated heterocycles. The van der Waals surface area contributed by atoms with E-state index in [2.05, 4.69) is 47.4 Å². The standard InChI is InChI=1S/C32H28O4/c1-31(2)23-29(33)32(30(34)24-31,21-9-5-7-11-25-13-17-27(35-3)18-14-25)22-10-6-8-12-26-15-19-28(36-4)20-16-26/h13-20H,21-24H2,1-4H3. The first-order valence-electron chi connectivity index (χ1n) is 11.6. The molecule has 4 heteroatoms. The molecule has 0 bridgehead atoms. The Labute approximate surface area is 213 Å². The molecule has 0 heterocycles. The minimum absolute atomic E-state index is 0.0959. The number of hydrogen-bond donors (Lipinski definition) is 0. The molecule has 3 rings (SSSR count). The molecule has 0 N–H and O–H groups in total. The molecule has 1 saturated carbocycles. The first-order chi connectivity index (χ1) is 17.3. The quantitative estimate of drug-likeness (QED) is 0.468. The lowest BCUT2D eigenvalue weighted by Gasteiger charge is -2.39. The minimum atomic E-state index is -1.24. The summed E-state index contributed by atoms with van der Waals surface area (Å²) in [5, 5.41) is 0. The number of carbonyl (C=O) groups excluding carboxylic acids is 2. The van der Waals surface area contributed by atoms with Gasteiger partial charge >= 0.3 is 0 Å². The van der Waals surface area contributed by atoms with E-state index in [0.717, 1.165) is 22.6 Å². The third-order valence-corrected chi connectivity index (χ3v) is 6.02. The number of Topliss-reactive ketones (excluding diaryl/α,β-unsaturated/α-hetero) is 2. The molecule has 180 valence electrons. The fourth-order valence-corrected chi connectivity index (χ4v) is 3.92.